The number of benzene rings is 2. The molecule has 35 heavy (non-hydrogen) atoms. The number of nitrogens with one attached hydrogen (secondary N) is 1. The second-order valence-electron chi connectivity index (χ2n) is 7.55. The first kappa shape index (κ1) is 25.3. The van der Waals surface area contributed by atoms with E-state index in [1.807, 2.05) is 0 Å². The van der Waals surface area contributed by atoms with Crippen molar-refractivity contribution in [3.63, 3.8) is 0 Å². The summed E-state index contributed by atoms with van der Waals surface area (Å²) in [5.41, 5.74) is 0.932. The van der Waals surface area contributed by atoms with Crippen molar-refractivity contribution in [2.75, 3.05) is 33.8 Å². The van der Waals surface area contributed by atoms with Gasteiger partial charge in [-0.25, -0.2) is 4.79 Å². The highest BCUT2D eigenvalue weighted by molar-refractivity contribution is 6.02. The van der Waals surface area contributed by atoms with Crippen LogP contribution in [-0.2, 0) is 16.1 Å². The smallest absolute Gasteiger partial charge is 0.340 e. The lowest BCUT2D eigenvalue weighted by molar-refractivity contribution is -0.118. The summed E-state index contributed by atoms with van der Waals surface area (Å²) >= 11 is 0. The molecular formula is C24H27N3O8. The molecule has 2 aromatic carbocycles. The summed E-state index contributed by atoms with van der Waals surface area (Å²) < 4.78 is 31.7. The molecule has 0 aliphatic rings. The second kappa shape index (κ2) is 11.2. The summed E-state index contributed by atoms with van der Waals surface area (Å²) in [6.07, 6.45) is 0. The quantitative estimate of drug-likeness (QED) is 0.424. The van der Waals surface area contributed by atoms with Gasteiger partial charge in [0.1, 0.15) is 0 Å². The SMILES string of the molecule is COc1ccc(-c2noc(COC(=O)c3cc(OC)c(OC)cc3NC(=O)C(C)C)n2)cc1OC. The van der Waals surface area contributed by atoms with E-state index < -0.39 is 5.97 Å². The normalized spacial score (nSPS) is 10.6. The maximum Gasteiger partial charge on any atom is 0.340 e. The number of anilines is 1. The molecule has 3 aromatic rings. The number of amides is 1. The van der Waals surface area contributed by atoms with Crippen LogP contribution in [0.25, 0.3) is 11.4 Å². The number of hydrogen-bond acceptors (Lipinski definition) is 10. The van der Waals surface area contributed by atoms with Gasteiger partial charge in [0.25, 0.3) is 5.89 Å². The lowest BCUT2D eigenvalue weighted by atomic mass is 10.1. The molecular weight excluding hydrogens is 458 g/mol. The van der Waals surface area contributed by atoms with E-state index in [0.29, 0.717) is 28.6 Å². The zero-order valence-corrected chi connectivity index (χ0v) is 20.3. The Labute approximate surface area is 202 Å². The van der Waals surface area contributed by atoms with Crippen LogP contribution >= 0.6 is 0 Å². The molecule has 0 radical (unpaired) electrons. The van der Waals surface area contributed by atoms with Crippen LogP contribution in [0.3, 0.4) is 0 Å². The van der Waals surface area contributed by atoms with Crippen molar-refractivity contribution in [2.45, 2.75) is 20.5 Å². The number of methoxy groups -OCH3 is 4. The van der Waals surface area contributed by atoms with Gasteiger partial charge in [0.2, 0.25) is 11.7 Å². The number of ether oxygens (including phenoxy) is 5. The number of carbonyl (C=O) groups excluding carboxylic acids is 2. The van der Waals surface area contributed by atoms with E-state index in [0.717, 1.165) is 0 Å². The fourth-order valence-electron chi connectivity index (χ4n) is 3.04. The molecule has 11 nitrogen and oxygen atoms in total. The predicted molar refractivity (Wildman–Crippen MR) is 125 cm³/mol. The molecule has 1 aromatic heterocycles. The standard InChI is InChI=1S/C24H27N3O8/c1-13(2)23(28)25-16-11-20(33-6)19(32-5)10-15(16)24(29)34-12-21-26-22(27-35-21)14-7-8-17(30-3)18(9-14)31-4/h7-11,13H,12H2,1-6H3,(H,25,28). The molecule has 0 aliphatic heterocycles. The highest BCUT2D eigenvalue weighted by atomic mass is 16.6. The molecule has 0 bridgehead atoms. The lowest BCUT2D eigenvalue weighted by Crippen LogP contribution is -2.20. The van der Waals surface area contributed by atoms with Gasteiger partial charge in [0, 0.05) is 23.6 Å². The summed E-state index contributed by atoms with van der Waals surface area (Å²) in [5.74, 6) is 0.773. The third kappa shape index (κ3) is 5.81. The summed E-state index contributed by atoms with van der Waals surface area (Å²) in [4.78, 5) is 29.4. The third-order valence-electron chi connectivity index (χ3n) is 4.96. The molecule has 1 heterocycles. The van der Waals surface area contributed by atoms with Crippen molar-refractivity contribution in [1.29, 1.82) is 0 Å². The van der Waals surface area contributed by atoms with E-state index in [9.17, 15) is 9.59 Å². The van der Waals surface area contributed by atoms with E-state index in [2.05, 4.69) is 15.5 Å². The topological polar surface area (TPSA) is 131 Å². The number of nitrogens with zero attached hydrogens (tertiary/aromatic N) is 2. The van der Waals surface area contributed by atoms with Crippen LogP contribution in [-0.4, -0.2) is 50.5 Å². The predicted octanol–water partition coefficient (Wildman–Crippen LogP) is 3.72. The summed E-state index contributed by atoms with van der Waals surface area (Å²) in [7, 11) is 5.95. The van der Waals surface area contributed by atoms with Gasteiger partial charge in [-0.15, -0.1) is 0 Å². The van der Waals surface area contributed by atoms with E-state index in [-0.39, 0.29) is 41.4 Å². The monoisotopic (exact) mass is 485 g/mol. The Hall–Kier alpha value is -4.28. The van der Waals surface area contributed by atoms with Crippen LogP contribution in [0.5, 0.6) is 23.0 Å². The first-order valence-electron chi connectivity index (χ1n) is 10.6. The van der Waals surface area contributed by atoms with Crippen LogP contribution in [0.2, 0.25) is 0 Å². The van der Waals surface area contributed by atoms with Crippen LogP contribution in [0.15, 0.2) is 34.9 Å². The Morgan fingerprint density at radius 1 is 0.914 bits per heavy atom. The number of carbonyl (C=O) groups is 2. The number of hydrogen-bond donors (Lipinski definition) is 1. The van der Waals surface area contributed by atoms with Gasteiger partial charge in [0.05, 0.1) is 39.7 Å². The molecule has 0 unspecified atom stereocenters. The van der Waals surface area contributed by atoms with Crippen LogP contribution < -0.4 is 24.3 Å². The molecule has 186 valence electrons. The van der Waals surface area contributed by atoms with E-state index in [4.69, 9.17) is 28.2 Å². The molecule has 0 spiro atoms. The first-order chi connectivity index (χ1) is 16.8. The minimum Gasteiger partial charge on any atom is -0.493 e. The largest absolute Gasteiger partial charge is 0.493 e. The summed E-state index contributed by atoms with van der Waals surface area (Å²) in [6, 6.07) is 8.09. The van der Waals surface area contributed by atoms with Gasteiger partial charge in [-0.2, -0.15) is 4.98 Å². The van der Waals surface area contributed by atoms with Crippen LogP contribution in [0.4, 0.5) is 5.69 Å². The van der Waals surface area contributed by atoms with Gasteiger partial charge in [-0.1, -0.05) is 19.0 Å². The van der Waals surface area contributed by atoms with Crippen LogP contribution in [0, 0.1) is 5.92 Å². The highest BCUT2D eigenvalue weighted by Crippen LogP contribution is 2.34. The molecule has 0 saturated carbocycles. The maximum atomic E-state index is 12.9. The lowest BCUT2D eigenvalue weighted by Gasteiger charge is -2.16. The van der Waals surface area contributed by atoms with Crippen molar-refractivity contribution >= 4 is 17.6 Å². The zero-order chi connectivity index (χ0) is 25.5. The van der Waals surface area contributed by atoms with Gasteiger partial charge < -0.3 is 33.5 Å². The van der Waals surface area contributed by atoms with Gasteiger partial charge in [0.15, 0.2) is 29.6 Å². The van der Waals surface area contributed by atoms with Gasteiger partial charge >= 0.3 is 5.97 Å². The van der Waals surface area contributed by atoms with Crippen molar-refractivity contribution in [3.8, 4) is 34.4 Å². The highest BCUT2D eigenvalue weighted by Gasteiger charge is 2.22. The van der Waals surface area contributed by atoms with Crippen molar-refractivity contribution < 1.29 is 37.8 Å². The average molecular weight is 485 g/mol. The maximum absolute atomic E-state index is 12.9. The molecule has 1 N–H and O–H groups in total. The average Bonchev–Trinajstić information content (AvgIpc) is 3.35. The molecule has 0 aliphatic carbocycles. The fourth-order valence-corrected chi connectivity index (χ4v) is 3.04. The Kier molecular flexibility index (Phi) is 8.13. The van der Waals surface area contributed by atoms with Gasteiger partial charge in [-0.3, -0.25) is 4.79 Å². The fraction of sp³-hybridized carbons (Fsp3) is 0.333. The zero-order valence-electron chi connectivity index (χ0n) is 20.3. The van der Waals surface area contributed by atoms with E-state index >= 15 is 0 Å². The Balaban J connectivity index is 1.79. The van der Waals surface area contributed by atoms with Gasteiger partial charge in [-0.05, 0) is 18.2 Å². The third-order valence-corrected chi connectivity index (χ3v) is 4.96. The molecule has 11 heteroatoms. The molecule has 0 fully saturated rings. The summed E-state index contributed by atoms with van der Waals surface area (Å²) in [5, 5.41) is 6.64. The Morgan fingerprint density at radius 3 is 2.17 bits per heavy atom. The number of rotatable bonds is 10. The minimum absolute atomic E-state index is 0.0799. The number of aromatic nitrogens is 2. The Bertz CT molecular complexity index is 1210. The van der Waals surface area contributed by atoms with Crippen molar-refractivity contribution in [1.82, 2.24) is 10.1 Å². The first-order valence-corrected chi connectivity index (χ1v) is 10.6. The second-order valence-corrected chi connectivity index (χ2v) is 7.55. The van der Waals surface area contributed by atoms with Crippen molar-refractivity contribution in [2.24, 2.45) is 5.92 Å². The summed E-state index contributed by atoms with van der Waals surface area (Å²) in [6.45, 7) is 3.18. The Morgan fingerprint density at radius 2 is 1.54 bits per heavy atom. The molecule has 3 rings (SSSR count). The van der Waals surface area contributed by atoms with Crippen LogP contribution in [0.1, 0.15) is 30.1 Å². The minimum atomic E-state index is -0.726. The van der Waals surface area contributed by atoms with E-state index in [1.54, 1.807) is 32.0 Å². The molecule has 0 saturated heterocycles. The molecule has 0 atom stereocenters. The number of esters is 1. The molecule has 1 amide bonds. The van der Waals surface area contributed by atoms with E-state index in [1.165, 1.54) is 40.6 Å². The van der Waals surface area contributed by atoms with Crippen molar-refractivity contribution in [3.05, 3.63) is 41.8 Å².